The molecule has 0 radical (unpaired) electrons. The molecule has 0 aromatic heterocycles. The standard InChI is InChI=1S/C17H25Br2N3O2/c1-6-22(10-15(24)21-17(3,4)5)9-14(23)20-16-12(18)7-11(2)8-13(16)19/h7-8H,6,9-10H2,1-5H3,(H,20,23)(H,21,24). The minimum absolute atomic E-state index is 0.0881. The Bertz CT molecular complexity index is 589. The summed E-state index contributed by atoms with van der Waals surface area (Å²) in [6, 6.07) is 3.88. The molecule has 5 nitrogen and oxygen atoms in total. The van der Waals surface area contributed by atoms with Crippen molar-refractivity contribution in [2.24, 2.45) is 0 Å². The van der Waals surface area contributed by atoms with E-state index in [4.69, 9.17) is 0 Å². The highest BCUT2D eigenvalue weighted by Gasteiger charge is 2.18. The first-order valence-electron chi connectivity index (χ1n) is 7.80. The van der Waals surface area contributed by atoms with Gasteiger partial charge in [0.15, 0.2) is 0 Å². The van der Waals surface area contributed by atoms with Gasteiger partial charge in [0.2, 0.25) is 11.8 Å². The molecule has 0 spiro atoms. The van der Waals surface area contributed by atoms with Crippen LogP contribution in [-0.2, 0) is 9.59 Å². The van der Waals surface area contributed by atoms with Crippen LogP contribution in [0.15, 0.2) is 21.1 Å². The van der Waals surface area contributed by atoms with E-state index in [0.29, 0.717) is 12.2 Å². The number of likely N-dealkylation sites (N-methyl/N-ethyl adjacent to an activating group) is 1. The number of hydrogen-bond acceptors (Lipinski definition) is 3. The molecule has 0 bridgehead atoms. The van der Waals surface area contributed by atoms with Crippen molar-refractivity contribution in [3.63, 3.8) is 0 Å². The number of hydrogen-bond donors (Lipinski definition) is 2. The molecule has 1 aromatic carbocycles. The molecule has 1 rings (SSSR count). The number of carbonyl (C=O) groups is 2. The first-order chi connectivity index (χ1) is 11.0. The molecule has 2 amide bonds. The van der Waals surface area contributed by atoms with E-state index in [0.717, 1.165) is 14.5 Å². The maximum Gasteiger partial charge on any atom is 0.238 e. The number of carbonyl (C=O) groups excluding carboxylic acids is 2. The summed E-state index contributed by atoms with van der Waals surface area (Å²) >= 11 is 6.92. The Morgan fingerprint density at radius 3 is 2.04 bits per heavy atom. The second kappa shape index (κ2) is 8.97. The first kappa shape index (κ1) is 21.1. The fraction of sp³-hybridized carbons (Fsp3) is 0.529. The Labute approximate surface area is 160 Å². The average Bonchev–Trinajstić information content (AvgIpc) is 2.39. The van der Waals surface area contributed by atoms with E-state index in [1.54, 1.807) is 4.90 Å². The van der Waals surface area contributed by atoms with Crippen LogP contribution < -0.4 is 10.6 Å². The van der Waals surface area contributed by atoms with Gasteiger partial charge >= 0.3 is 0 Å². The van der Waals surface area contributed by atoms with E-state index in [2.05, 4.69) is 42.5 Å². The van der Waals surface area contributed by atoms with Crippen LogP contribution in [0.1, 0.15) is 33.3 Å². The maximum absolute atomic E-state index is 12.3. The van der Waals surface area contributed by atoms with Gasteiger partial charge < -0.3 is 10.6 Å². The van der Waals surface area contributed by atoms with E-state index >= 15 is 0 Å². The smallest absolute Gasteiger partial charge is 0.238 e. The number of nitrogens with zero attached hydrogens (tertiary/aromatic N) is 1. The number of amides is 2. The fourth-order valence-electron chi connectivity index (χ4n) is 2.14. The van der Waals surface area contributed by atoms with E-state index in [1.807, 2.05) is 46.8 Å². The fourth-order valence-corrected chi connectivity index (χ4v) is 3.76. The van der Waals surface area contributed by atoms with E-state index in [1.165, 1.54) is 0 Å². The number of nitrogens with one attached hydrogen (secondary N) is 2. The molecule has 0 aliphatic rings. The zero-order chi connectivity index (χ0) is 18.5. The predicted molar refractivity (Wildman–Crippen MR) is 105 cm³/mol. The number of halogens is 2. The second-order valence-corrected chi connectivity index (χ2v) is 8.46. The summed E-state index contributed by atoms with van der Waals surface area (Å²) < 4.78 is 1.63. The molecular weight excluding hydrogens is 438 g/mol. The van der Waals surface area contributed by atoms with Crippen molar-refractivity contribution < 1.29 is 9.59 Å². The highest BCUT2D eigenvalue weighted by Crippen LogP contribution is 2.32. The predicted octanol–water partition coefficient (Wildman–Crippen LogP) is 3.70. The van der Waals surface area contributed by atoms with Crippen LogP contribution in [0.5, 0.6) is 0 Å². The number of aryl methyl sites for hydroxylation is 1. The quantitative estimate of drug-likeness (QED) is 0.677. The van der Waals surface area contributed by atoms with Gasteiger partial charge in [0.1, 0.15) is 0 Å². The molecule has 0 atom stereocenters. The Morgan fingerprint density at radius 1 is 1.08 bits per heavy atom. The summed E-state index contributed by atoms with van der Waals surface area (Å²) in [5, 5.41) is 5.79. The second-order valence-electron chi connectivity index (χ2n) is 6.75. The Balaban J connectivity index is 2.67. The normalized spacial score (nSPS) is 11.5. The van der Waals surface area contributed by atoms with Crippen molar-refractivity contribution in [3.05, 3.63) is 26.6 Å². The van der Waals surface area contributed by atoms with Gasteiger partial charge in [-0.05, 0) is 83.8 Å². The third-order valence-electron chi connectivity index (χ3n) is 3.15. The number of anilines is 1. The summed E-state index contributed by atoms with van der Waals surface area (Å²) in [6.07, 6.45) is 0. The Morgan fingerprint density at radius 2 is 1.58 bits per heavy atom. The Hall–Kier alpha value is -0.920. The molecule has 7 heteroatoms. The molecule has 134 valence electrons. The number of benzene rings is 1. The minimum Gasteiger partial charge on any atom is -0.350 e. The summed E-state index contributed by atoms with van der Waals surface area (Å²) in [5.74, 6) is -0.250. The average molecular weight is 463 g/mol. The van der Waals surface area contributed by atoms with Crippen LogP contribution in [0, 0.1) is 6.92 Å². The summed E-state index contributed by atoms with van der Waals surface area (Å²) in [4.78, 5) is 26.1. The maximum atomic E-state index is 12.3. The van der Waals surface area contributed by atoms with Crippen LogP contribution in [0.2, 0.25) is 0 Å². The lowest BCUT2D eigenvalue weighted by atomic mass is 10.1. The van der Waals surface area contributed by atoms with Crippen molar-refractivity contribution in [2.45, 2.75) is 40.2 Å². The monoisotopic (exact) mass is 461 g/mol. The molecular formula is C17H25Br2N3O2. The van der Waals surface area contributed by atoms with Gasteiger partial charge in [0, 0.05) is 14.5 Å². The highest BCUT2D eigenvalue weighted by molar-refractivity contribution is 9.11. The zero-order valence-corrected chi connectivity index (χ0v) is 18.0. The van der Waals surface area contributed by atoms with Gasteiger partial charge in [-0.15, -0.1) is 0 Å². The van der Waals surface area contributed by atoms with Crippen LogP contribution in [0.4, 0.5) is 5.69 Å². The van der Waals surface area contributed by atoms with Gasteiger partial charge in [0.25, 0.3) is 0 Å². The molecule has 2 N–H and O–H groups in total. The molecule has 0 aliphatic heterocycles. The van der Waals surface area contributed by atoms with E-state index in [9.17, 15) is 9.59 Å². The summed E-state index contributed by atoms with van der Waals surface area (Å²) in [7, 11) is 0. The van der Waals surface area contributed by atoms with Crippen LogP contribution in [0.25, 0.3) is 0 Å². The van der Waals surface area contributed by atoms with Crippen LogP contribution >= 0.6 is 31.9 Å². The van der Waals surface area contributed by atoms with Crippen molar-refractivity contribution >= 4 is 49.4 Å². The van der Waals surface area contributed by atoms with E-state index < -0.39 is 0 Å². The van der Waals surface area contributed by atoms with Crippen LogP contribution in [-0.4, -0.2) is 41.9 Å². The molecule has 0 saturated heterocycles. The zero-order valence-electron chi connectivity index (χ0n) is 14.8. The largest absolute Gasteiger partial charge is 0.350 e. The Kier molecular flexibility index (Phi) is 7.89. The highest BCUT2D eigenvalue weighted by atomic mass is 79.9. The SMILES string of the molecule is CCN(CC(=O)Nc1c(Br)cc(C)cc1Br)CC(=O)NC(C)(C)C. The van der Waals surface area contributed by atoms with Gasteiger partial charge in [-0.25, -0.2) is 0 Å². The summed E-state index contributed by atoms with van der Waals surface area (Å²) in [5.41, 5.74) is 1.50. The van der Waals surface area contributed by atoms with Gasteiger partial charge in [-0.1, -0.05) is 6.92 Å². The molecule has 0 heterocycles. The third kappa shape index (κ3) is 7.32. The lowest BCUT2D eigenvalue weighted by Crippen LogP contribution is -2.47. The van der Waals surface area contributed by atoms with Crippen LogP contribution in [0.3, 0.4) is 0 Å². The van der Waals surface area contributed by atoms with Crippen molar-refractivity contribution in [2.75, 3.05) is 25.0 Å². The number of rotatable bonds is 6. The van der Waals surface area contributed by atoms with Crippen molar-refractivity contribution in [1.29, 1.82) is 0 Å². The first-order valence-corrected chi connectivity index (χ1v) is 9.39. The lowest BCUT2D eigenvalue weighted by molar-refractivity contribution is -0.124. The summed E-state index contributed by atoms with van der Waals surface area (Å²) in [6.45, 7) is 10.7. The van der Waals surface area contributed by atoms with Gasteiger partial charge in [0.05, 0.1) is 18.8 Å². The van der Waals surface area contributed by atoms with Crippen molar-refractivity contribution in [3.8, 4) is 0 Å². The topological polar surface area (TPSA) is 61.4 Å². The molecule has 0 aliphatic carbocycles. The van der Waals surface area contributed by atoms with Crippen molar-refractivity contribution in [1.82, 2.24) is 10.2 Å². The third-order valence-corrected chi connectivity index (χ3v) is 4.40. The van der Waals surface area contributed by atoms with Gasteiger partial charge in [-0.2, -0.15) is 0 Å². The minimum atomic E-state index is -0.281. The lowest BCUT2D eigenvalue weighted by Gasteiger charge is -2.24. The molecule has 0 unspecified atom stereocenters. The molecule has 0 saturated carbocycles. The van der Waals surface area contributed by atoms with E-state index in [-0.39, 0.29) is 30.4 Å². The molecule has 0 fully saturated rings. The van der Waals surface area contributed by atoms with Gasteiger partial charge in [-0.3, -0.25) is 14.5 Å². The molecule has 24 heavy (non-hydrogen) atoms. The molecule has 1 aromatic rings.